The minimum atomic E-state index is 0.0537. The second-order valence-electron chi connectivity index (χ2n) is 22.9. The molecular weight excluding hydrogens is 887 g/mol. The van der Waals surface area contributed by atoms with Crippen LogP contribution in [0.25, 0.3) is 0 Å². The number of amides is 3. The van der Waals surface area contributed by atoms with Crippen LogP contribution in [0.15, 0.2) is 0 Å². The average molecular weight is 1010 g/mol. The van der Waals surface area contributed by atoms with E-state index in [4.69, 9.17) is 0 Å². The number of carbonyl (C=O) groups excluding carboxylic acids is 3. The van der Waals surface area contributed by atoms with Gasteiger partial charge in [-0.1, -0.05) is 285 Å². The Bertz CT molecular complexity index is 1130. The Morgan fingerprint density at radius 3 is 0.736 bits per heavy atom. The Morgan fingerprint density at radius 2 is 0.472 bits per heavy atom. The SMILES string of the molecule is CCCCCCCCCCCCN(CCCCCCCCCCCC)CC(=O)N(CCCCCCCCCCCC)CC(=O)N1CCN(C(=O)CN(CCCCCCCCC)CCCCCCCCC)CC1. The van der Waals surface area contributed by atoms with Gasteiger partial charge in [0.25, 0.3) is 0 Å². The molecule has 0 aliphatic carbocycles. The van der Waals surface area contributed by atoms with E-state index < -0.39 is 0 Å². The molecule has 1 fully saturated rings. The number of carbonyl (C=O) groups is 3. The molecule has 0 aromatic rings. The van der Waals surface area contributed by atoms with Gasteiger partial charge in [-0.05, 0) is 58.3 Å². The van der Waals surface area contributed by atoms with Gasteiger partial charge < -0.3 is 14.7 Å². The summed E-state index contributed by atoms with van der Waals surface area (Å²) >= 11 is 0. The van der Waals surface area contributed by atoms with Gasteiger partial charge in [-0.3, -0.25) is 24.2 Å². The van der Waals surface area contributed by atoms with Gasteiger partial charge in [0.15, 0.2) is 0 Å². The maximum absolute atomic E-state index is 14.4. The Kier molecular flexibility index (Phi) is 50.1. The number of piperazine rings is 1. The predicted octanol–water partition coefficient (Wildman–Crippen LogP) is 17.4. The quantitative estimate of drug-likeness (QED) is 0.0568. The van der Waals surface area contributed by atoms with Crippen LogP contribution in [0.4, 0.5) is 0 Å². The summed E-state index contributed by atoms with van der Waals surface area (Å²) in [5.74, 6) is 0.405. The lowest BCUT2D eigenvalue weighted by atomic mass is 10.1. The molecule has 0 unspecified atom stereocenters. The first kappa shape index (κ1) is 68.3. The highest BCUT2D eigenvalue weighted by Crippen LogP contribution is 2.17. The lowest BCUT2D eigenvalue weighted by Gasteiger charge is -2.37. The zero-order chi connectivity index (χ0) is 52.2. The molecule has 8 heteroatoms. The van der Waals surface area contributed by atoms with Gasteiger partial charge in [0.05, 0.1) is 19.6 Å². The Labute approximate surface area is 450 Å². The topological polar surface area (TPSA) is 67.4 Å². The first-order chi connectivity index (χ1) is 35.4. The molecule has 0 atom stereocenters. The molecule has 426 valence electrons. The lowest BCUT2D eigenvalue weighted by molar-refractivity contribution is -0.144. The van der Waals surface area contributed by atoms with E-state index in [-0.39, 0.29) is 24.3 Å². The summed E-state index contributed by atoms with van der Waals surface area (Å²) in [7, 11) is 0. The van der Waals surface area contributed by atoms with Crippen LogP contribution in [0.5, 0.6) is 0 Å². The summed E-state index contributed by atoms with van der Waals surface area (Å²) in [4.78, 5) is 53.2. The molecule has 0 radical (unpaired) electrons. The fourth-order valence-corrected chi connectivity index (χ4v) is 10.9. The van der Waals surface area contributed by atoms with Crippen molar-refractivity contribution in [1.82, 2.24) is 24.5 Å². The van der Waals surface area contributed by atoms with Crippen LogP contribution in [0, 0.1) is 0 Å². The smallest absolute Gasteiger partial charge is 0.242 e. The third-order valence-corrected chi connectivity index (χ3v) is 16.0. The molecule has 3 amide bonds. The van der Waals surface area contributed by atoms with Crippen LogP contribution < -0.4 is 0 Å². The van der Waals surface area contributed by atoms with E-state index in [1.54, 1.807) is 0 Å². The van der Waals surface area contributed by atoms with E-state index in [2.05, 4.69) is 44.4 Å². The van der Waals surface area contributed by atoms with Gasteiger partial charge in [0.1, 0.15) is 0 Å². The first-order valence-corrected chi connectivity index (χ1v) is 32.7. The van der Waals surface area contributed by atoms with Crippen LogP contribution in [0.2, 0.25) is 0 Å². The summed E-state index contributed by atoms with van der Waals surface area (Å²) in [5, 5.41) is 0. The minimum Gasteiger partial charge on any atom is -0.338 e. The van der Waals surface area contributed by atoms with Crippen molar-refractivity contribution in [3.05, 3.63) is 0 Å². The highest BCUT2D eigenvalue weighted by molar-refractivity contribution is 5.86. The molecule has 0 N–H and O–H groups in total. The van der Waals surface area contributed by atoms with E-state index in [1.807, 2.05) is 14.7 Å². The van der Waals surface area contributed by atoms with Crippen molar-refractivity contribution in [1.29, 1.82) is 0 Å². The number of rotatable bonds is 55. The van der Waals surface area contributed by atoms with Crippen molar-refractivity contribution < 1.29 is 14.4 Å². The van der Waals surface area contributed by atoms with Crippen molar-refractivity contribution in [2.75, 3.05) is 78.5 Å². The second-order valence-corrected chi connectivity index (χ2v) is 22.9. The molecular formula is C64H127N5O3. The second kappa shape index (κ2) is 52.8. The molecule has 1 aliphatic rings. The molecule has 1 heterocycles. The van der Waals surface area contributed by atoms with Gasteiger partial charge in [-0.2, -0.15) is 0 Å². The summed E-state index contributed by atoms with van der Waals surface area (Å²) in [6.07, 6.45) is 57.0. The number of unbranched alkanes of at least 4 members (excludes halogenated alkanes) is 39. The summed E-state index contributed by atoms with van der Waals surface area (Å²) in [6.45, 7) is 19.4. The first-order valence-electron chi connectivity index (χ1n) is 32.7. The van der Waals surface area contributed by atoms with Crippen LogP contribution in [-0.4, -0.2) is 121 Å². The molecule has 0 bridgehead atoms. The molecule has 8 nitrogen and oxygen atoms in total. The number of nitrogens with zero attached hydrogens (tertiary/aromatic N) is 5. The Hall–Kier alpha value is -1.67. The van der Waals surface area contributed by atoms with E-state index in [0.717, 1.165) is 51.9 Å². The molecule has 0 aromatic heterocycles. The summed E-state index contributed by atoms with van der Waals surface area (Å²) in [6, 6.07) is 0. The monoisotopic (exact) mass is 1010 g/mol. The van der Waals surface area contributed by atoms with Gasteiger partial charge >= 0.3 is 0 Å². The van der Waals surface area contributed by atoms with Crippen LogP contribution in [0.3, 0.4) is 0 Å². The standard InChI is InChI=1S/C64H127N5O3/c1-6-11-16-21-26-29-32-37-42-47-52-66(53-48-43-38-33-30-27-22-17-12-7-2)60-63(71)69(54-49-44-39-34-31-28-23-18-13-8-3)61-64(72)68-57-55-67(56-58-68)62(70)59-65(50-45-40-35-24-19-14-9-4)51-46-41-36-25-20-15-10-5/h6-61H2,1-5H3. The maximum Gasteiger partial charge on any atom is 0.242 e. The molecule has 0 aromatic carbocycles. The largest absolute Gasteiger partial charge is 0.338 e. The predicted molar refractivity (Wildman–Crippen MR) is 314 cm³/mol. The van der Waals surface area contributed by atoms with Gasteiger partial charge in [-0.25, -0.2) is 0 Å². The van der Waals surface area contributed by atoms with Crippen LogP contribution >= 0.6 is 0 Å². The van der Waals surface area contributed by atoms with Crippen LogP contribution in [-0.2, 0) is 14.4 Å². The Morgan fingerprint density at radius 1 is 0.264 bits per heavy atom. The summed E-state index contributed by atoms with van der Waals surface area (Å²) in [5.41, 5.74) is 0. The molecule has 0 saturated carbocycles. The van der Waals surface area contributed by atoms with Crippen molar-refractivity contribution >= 4 is 17.7 Å². The zero-order valence-electron chi connectivity index (χ0n) is 49.6. The van der Waals surface area contributed by atoms with Crippen molar-refractivity contribution in [2.45, 2.75) is 317 Å². The molecule has 72 heavy (non-hydrogen) atoms. The molecule has 1 rings (SSSR count). The van der Waals surface area contributed by atoms with Gasteiger partial charge in [-0.15, -0.1) is 0 Å². The number of hydrogen-bond acceptors (Lipinski definition) is 5. The Balaban J connectivity index is 2.90. The fourth-order valence-electron chi connectivity index (χ4n) is 10.9. The number of hydrogen-bond donors (Lipinski definition) is 0. The summed E-state index contributed by atoms with van der Waals surface area (Å²) < 4.78 is 0. The lowest BCUT2D eigenvalue weighted by Crippen LogP contribution is -2.55. The highest BCUT2D eigenvalue weighted by atomic mass is 16.2. The van der Waals surface area contributed by atoms with E-state index >= 15 is 0 Å². The van der Waals surface area contributed by atoms with E-state index in [0.29, 0.717) is 45.8 Å². The third kappa shape index (κ3) is 41.6. The van der Waals surface area contributed by atoms with Crippen molar-refractivity contribution in [3.63, 3.8) is 0 Å². The third-order valence-electron chi connectivity index (χ3n) is 16.0. The highest BCUT2D eigenvalue weighted by Gasteiger charge is 2.28. The average Bonchev–Trinajstić information content (AvgIpc) is 3.38. The fraction of sp³-hybridized carbons (Fsp3) is 0.953. The van der Waals surface area contributed by atoms with Crippen LogP contribution in [0.1, 0.15) is 317 Å². The molecule has 1 aliphatic heterocycles. The van der Waals surface area contributed by atoms with E-state index in [9.17, 15) is 14.4 Å². The van der Waals surface area contributed by atoms with Crippen molar-refractivity contribution in [2.24, 2.45) is 0 Å². The minimum absolute atomic E-state index is 0.0537. The van der Waals surface area contributed by atoms with Gasteiger partial charge in [0.2, 0.25) is 17.7 Å². The maximum atomic E-state index is 14.4. The molecule has 1 saturated heterocycles. The van der Waals surface area contributed by atoms with Crippen molar-refractivity contribution in [3.8, 4) is 0 Å². The molecule has 0 spiro atoms. The van der Waals surface area contributed by atoms with Gasteiger partial charge in [0, 0.05) is 32.7 Å². The zero-order valence-corrected chi connectivity index (χ0v) is 49.6. The van der Waals surface area contributed by atoms with E-state index in [1.165, 1.54) is 257 Å². The normalized spacial score (nSPS) is 13.0.